The van der Waals surface area contributed by atoms with Gasteiger partial charge >= 0.3 is 23.9 Å². The quantitative estimate of drug-likeness (QED) is 0.0883. The van der Waals surface area contributed by atoms with Crippen LogP contribution in [0.4, 0.5) is 0 Å². The number of fused-ring (bicyclic) bond motifs is 1. The van der Waals surface area contributed by atoms with Gasteiger partial charge in [0, 0.05) is 23.5 Å². The molecule has 2 aromatic rings. The summed E-state index contributed by atoms with van der Waals surface area (Å²) in [6.07, 6.45) is 3.54. The molecule has 0 spiro atoms. The Morgan fingerprint density at radius 3 is 1.34 bits per heavy atom. The van der Waals surface area contributed by atoms with Crippen LogP contribution in [0, 0.1) is 0 Å². The number of rotatable bonds is 16. The molecule has 0 amide bonds. The highest BCUT2D eigenvalue weighted by molar-refractivity contribution is 9.09. The molecule has 2 aliphatic heterocycles. The van der Waals surface area contributed by atoms with Gasteiger partial charge < -0.3 is 28.4 Å². The van der Waals surface area contributed by atoms with E-state index in [0.717, 1.165) is 49.2 Å². The Balaban J connectivity index is 1.21. The molecule has 0 radical (unpaired) electrons. The second kappa shape index (κ2) is 17.6. The topological polar surface area (TPSA) is 124 Å². The zero-order chi connectivity index (χ0) is 31.3. The first kappa shape index (κ1) is 34.1. The van der Waals surface area contributed by atoms with Gasteiger partial charge in [0.15, 0.2) is 12.2 Å². The number of carbonyl (C=O) groups is 4. The predicted molar refractivity (Wildman–Crippen MR) is 167 cm³/mol. The first-order valence-electron chi connectivity index (χ1n) is 14.8. The molecule has 2 fully saturated rings. The first-order chi connectivity index (χ1) is 21.4. The molecule has 0 N–H and O–H groups in total. The fourth-order valence-electron chi connectivity index (χ4n) is 4.81. The third-order valence-corrected chi connectivity index (χ3v) is 8.27. The van der Waals surface area contributed by atoms with E-state index in [0.29, 0.717) is 24.3 Å². The summed E-state index contributed by atoms with van der Waals surface area (Å²) in [5.41, 5.74) is 0.575. The van der Waals surface area contributed by atoms with Crippen LogP contribution in [-0.4, -0.2) is 72.2 Å². The van der Waals surface area contributed by atoms with Crippen LogP contribution in [-0.2, 0) is 28.5 Å². The van der Waals surface area contributed by atoms with Gasteiger partial charge in [0.25, 0.3) is 0 Å². The number of ether oxygens (including phenoxy) is 6. The van der Waals surface area contributed by atoms with Crippen molar-refractivity contribution in [2.45, 2.75) is 75.8 Å². The van der Waals surface area contributed by atoms with Crippen molar-refractivity contribution in [3.05, 3.63) is 59.7 Å². The zero-order valence-corrected chi connectivity index (χ0v) is 27.4. The number of hydrogen-bond acceptors (Lipinski definition) is 10. The average Bonchev–Trinajstić information content (AvgIpc) is 3.61. The number of alkyl halides is 2. The first-order valence-corrected chi connectivity index (χ1v) is 17.0. The van der Waals surface area contributed by atoms with Crippen LogP contribution in [0.15, 0.2) is 48.5 Å². The number of benzene rings is 2. The molecule has 0 unspecified atom stereocenters. The van der Waals surface area contributed by atoms with Crippen LogP contribution in [0.1, 0.15) is 72.1 Å². The van der Waals surface area contributed by atoms with Crippen molar-refractivity contribution in [3.63, 3.8) is 0 Å². The highest BCUT2D eigenvalue weighted by atomic mass is 79.9. The van der Waals surface area contributed by atoms with Crippen molar-refractivity contribution in [2.75, 3.05) is 23.9 Å². The molecule has 0 bridgehead atoms. The minimum atomic E-state index is -0.679. The summed E-state index contributed by atoms with van der Waals surface area (Å²) in [5, 5.41) is 1.81. The SMILES string of the molecule is O=C(CCCCCBr)Oc1ccc(C(=O)O[C@H]2CO[C@H]3[C@@H]2OC[C@H]3OC(=O)c2ccc(OC(=O)CCCCCBr)cc2)cc1. The monoisotopic (exact) mass is 738 g/mol. The van der Waals surface area contributed by atoms with Crippen LogP contribution in [0.3, 0.4) is 0 Å². The van der Waals surface area contributed by atoms with Crippen molar-refractivity contribution in [1.82, 2.24) is 0 Å². The minimum Gasteiger partial charge on any atom is -0.453 e. The highest BCUT2D eigenvalue weighted by Gasteiger charge is 2.51. The molecule has 0 saturated carbocycles. The van der Waals surface area contributed by atoms with Crippen molar-refractivity contribution >= 4 is 55.7 Å². The lowest BCUT2D eigenvalue weighted by atomic mass is 10.1. The number of esters is 4. The van der Waals surface area contributed by atoms with E-state index in [1.165, 1.54) is 24.3 Å². The third-order valence-electron chi connectivity index (χ3n) is 7.15. The number of unbranched alkanes of at least 4 members (excludes halogenated alkanes) is 4. The molecule has 238 valence electrons. The van der Waals surface area contributed by atoms with Crippen LogP contribution in [0.2, 0.25) is 0 Å². The van der Waals surface area contributed by atoms with Gasteiger partial charge in [-0.25, -0.2) is 9.59 Å². The van der Waals surface area contributed by atoms with E-state index in [9.17, 15) is 19.2 Å². The number of carbonyl (C=O) groups excluding carboxylic acids is 4. The van der Waals surface area contributed by atoms with Gasteiger partial charge in [-0.05, 0) is 74.2 Å². The van der Waals surface area contributed by atoms with Crippen molar-refractivity contribution in [3.8, 4) is 11.5 Å². The van der Waals surface area contributed by atoms with Crippen LogP contribution in [0.25, 0.3) is 0 Å². The number of halogens is 2. The van der Waals surface area contributed by atoms with Gasteiger partial charge in [0.2, 0.25) is 0 Å². The van der Waals surface area contributed by atoms with Crippen LogP contribution >= 0.6 is 31.9 Å². The van der Waals surface area contributed by atoms with E-state index < -0.39 is 36.4 Å². The predicted octanol–water partition coefficient (Wildman–Crippen LogP) is 5.96. The van der Waals surface area contributed by atoms with Crippen molar-refractivity contribution in [2.24, 2.45) is 0 Å². The maximum atomic E-state index is 12.8. The molecule has 12 heteroatoms. The molecule has 0 aromatic heterocycles. The molecule has 4 atom stereocenters. The molecular weight excluding hydrogens is 704 g/mol. The average molecular weight is 740 g/mol. The largest absolute Gasteiger partial charge is 0.453 e. The second-order valence-electron chi connectivity index (χ2n) is 10.5. The van der Waals surface area contributed by atoms with Gasteiger partial charge in [0.05, 0.1) is 24.3 Å². The van der Waals surface area contributed by atoms with Gasteiger partial charge in [-0.15, -0.1) is 0 Å². The maximum Gasteiger partial charge on any atom is 0.338 e. The lowest BCUT2D eigenvalue weighted by Gasteiger charge is -2.17. The van der Waals surface area contributed by atoms with Gasteiger partial charge in [-0.3, -0.25) is 9.59 Å². The molecule has 0 aliphatic carbocycles. The third kappa shape index (κ3) is 10.1. The van der Waals surface area contributed by atoms with Crippen molar-refractivity contribution < 1.29 is 47.6 Å². The molecule has 2 heterocycles. The molecule has 4 rings (SSSR count). The van der Waals surface area contributed by atoms with E-state index in [-0.39, 0.29) is 36.3 Å². The second-order valence-corrected chi connectivity index (χ2v) is 12.1. The molecule has 2 aromatic carbocycles. The Morgan fingerprint density at radius 2 is 0.977 bits per heavy atom. The van der Waals surface area contributed by atoms with E-state index in [1.807, 2.05) is 0 Å². The normalized spacial score (nSPS) is 20.5. The Kier molecular flexibility index (Phi) is 13.7. The van der Waals surface area contributed by atoms with Crippen molar-refractivity contribution in [1.29, 1.82) is 0 Å². The van der Waals surface area contributed by atoms with Crippen LogP contribution in [0.5, 0.6) is 11.5 Å². The lowest BCUT2D eigenvalue weighted by Crippen LogP contribution is -2.36. The summed E-state index contributed by atoms with van der Waals surface area (Å²) in [5.74, 6) is -1.07. The Hall–Kier alpha value is -2.80. The van der Waals surface area contributed by atoms with E-state index in [1.54, 1.807) is 24.3 Å². The van der Waals surface area contributed by atoms with E-state index in [2.05, 4.69) is 31.9 Å². The summed E-state index contributed by atoms with van der Waals surface area (Å²) >= 11 is 6.73. The zero-order valence-electron chi connectivity index (χ0n) is 24.3. The molecule has 2 aliphatic rings. The van der Waals surface area contributed by atoms with Crippen LogP contribution < -0.4 is 9.47 Å². The molecule has 10 nitrogen and oxygen atoms in total. The molecule has 2 saturated heterocycles. The molecular formula is C32H36Br2O10. The van der Waals surface area contributed by atoms with Gasteiger partial charge in [-0.1, -0.05) is 44.7 Å². The summed E-state index contributed by atoms with van der Waals surface area (Å²) < 4.78 is 33.5. The number of hydrogen-bond donors (Lipinski definition) is 0. The summed E-state index contributed by atoms with van der Waals surface area (Å²) in [4.78, 5) is 49.5. The van der Waals surface area contributed by atoms with Gasteiger partial charge in [-0.2, -0.15) is 0 Å². The fourth-order valence-corrected chi connectivity index (χ4v) is 5.60. The smallest absolute Gasteiger partial charge is 0.338 e. The summed E-state index contributed by atoms with van der Waals surface area (Å²) in [6.45, 7) is 0.187. The van der Waals surface area contributed by atoms with Gasteiger partial charge in [0.1, 0.15) is 23.7 Å². The summed E-state index contributed by atoms with van der Waals surface area (Å²) in [6, 6.07) is 12.3. The minimum absolute atomic E-state index is 0.0933. The fraction of sp³-hybridized carbons (Fsp3) is 0.500. The Labute approximate surface area is 273 Å². The highest BCUT2D eigenvalue weighted by Crippen LogP contribution is 2.32. The maximum absolute atomic E-state index is 12.8. The molecule has 44 heavy (non-hydrogen) atoms. The standard InChI is InChI=1S/C32H36Br2O10/c33-17-5-1-3-7-27(35)41-23-13-9-21(10-14-23)31(37)43-25-19-39-30-26(20-40-29(25)30)44-32(38)22-11-15-24(16-12-22)42-28(36)8-4-2-6-18-34/h9-16,25-26,29-30H,1-8,17-20H2/t25-,26+,29-,30-/m1/s1. The van der Waals surface area contributed by atoms with E-state index >= 15 is 0 Å². The Morgan fingerprint density at radius 1 is 0.591 bits per heavy atom. The lowest BCUT2D eigenvalue weighted by molar-refractivity contribution is -0.135. The van der Waals surface area contributed by atoms with E-state index in [4.69, 9.17) is 28.4 Å². The summed E-state index contributed by atoms with van der Waals surface area (Å²) in [7, 11) is 0. The Bertz CT molecular complexity index is 1150.